The molecule has 78 valence electrons. The topological polar surface area (TPSA) is 30.7 Å². The van der Waals surface area contributed by atoms with E-state index in [0.717, 1.165) is 17.2 Å². The number of rotatable bonds is 2. The highest BCUT2D eigenvalue weighted by Crippen LogP contribution is 2.19. The monoisotopic (exact) mass is 241 g/mol. The molecule has 0 aliphatic heterocycles. The zero-order chi connectivity index (χ0) is 10.8. The predicted octanol–water partition coefficient (Wildman–Crippen LogP) is 2.97. The number of pyridine rings is 1. The van der Waals surface area contributed by atoms with Crippen molar-refractivity contribution in [3.05, 3.63) is 41.1 Å². The van der Waals surface area contributed by atoms with Gasteiger partial charge in [0.2, 0.25) is 0 Å². The van der Waals surface area contributed by atoms with Gasteiger partial charge in [-0.15, -0.1) is 11.6 Å². The number of alkyl halides is 1. The maximum atomic E-state index is 5.93. The highest BCUT2D eigenvalue weighted by Gasteiger charge is 2.05. The first-order valence-corrected chi connectivity index (χ1v) is 5.34. The fourth-order valence-electron chi connectivity index (χ4n) is 1.32. The molecular weight excluding hydrogens is 233 g/mol. The van der Waals surface area contributed by atoms with Gasteiger partial charge >= 0.3 is 0 Å². The normalized spacial score (nSPS) is 10.6. The van der Waals surface area contributed by atoms with Crippen LogP contribution in [-0.4, -0.2) is 14.5 Å². The molecule has 0 bridgehead atoms. The molecular formula is C10H9Cl2N3. The van der Waals surface area contributed by atoms with Gasteiger partial charge in [0.15, 0.2) is 0 Å². The summed E-state index contributed by atoms with van der Waals surface area (Å²) in [5, 5.41) is 0.589. The molecule has 0 fully saturated rings. The molecule has 5 heteroatoms. The van der Waals surface area contributed by atoms with E-state index in [4.69, 9.17) is 23.2 Å². The molecule has 2 aromatic rings. The van der Waals surface area contributed by atoms with Crippen LogP contribution in [0.2, 0.25) is 5.02 Å². The van der Waals surface area contributed by atoms with Crippen molar-refractivity contribution in [3.63, 3.8) is 0 Å². The minimum absolute atomic E-state index is 0.377. The maximum Gasteiger partial charge on any atom is 0.138 e. The van der Waals surface area contributed by atoms with Crippen LogP contribution in [0, 0.1) is 6.92 Å². The molecule has 3 nitrogen and oxygen atoms in total. The lowest BCUT2D eigenvalue weighted by atomic mass is 10.3. The Kier molecular flexibility index (Phi) is 2.93. The quantitative estimate of drug-likeness (QED) is 0.758. The van der Waals surface area contributed by atoms with Gasteiger partial charge in [-0.05, 0) is 18.6 Å². The molecule has 0 aliphatic carbocycles. The van der Waals surface area contributed by atoms with Crippen molar-refractivity contribution in [3.8, 4) is 5.82 Å². The van der Waals surface area contributed by atoms with Crippen LogP contribution in [-0.2, 0) is 5.88 Å². The van der Waals surface area contributed by atoms with Crippen LogP contribution in [0.5, 0.6) is 0 Å². The Hall–Kier alpha value is -1.06. The van der Waals surface area contributed by atoms with E-state index in [0.29, 0.717) is 10.9 Å². The van der Waals surface area contributed by atoms with Gasteiger partial charge < -0.3 is 0 Å². The lowest BCUT2D eigenvalue weighted by Gasteiger charge is -2.06. The molecule has 0 unspecified atom stereocenters. The molecule has 15 heavy (non-hydrogen) atoms. The summed E-state index contributed by atoms with van der Waals surface area (Å²) in [7, 11) is 0. The first-order chi connectivity index (χ1) is 7.22. The molecule has 0 N–H and O–H groups in total. The van der Waals surface area contributed by atoms with Crippen molar-refractivity contribution >= 4 is 23.2 Å². The molecule has 0 aromatic carbocycles. The van der Waals surface area contributed by atoms with E-state index in [2.05, 4.69) is 9.97 Å². The second kappa shape index (κ2) is 4.21. The second-order valence-corrected chi connectivity index (χ2v) is 3.79. The van der Waals surface area contributed by atoms with E-state index in [-0.39, 0.29) is 0 Å². The lowest BCUT2D eigenvalue weighted by molar-refractivity contribution is 0.929. The maximum absolute atomic E-state index is 5.93. The minimum atomic E-state index is 0.377. The van der Waals surface area contributed by atoms with Gasteiger partial charge in [-0.2, -0.15) is 0 Å². The largest absolute Gasteiger partial charge is 0.288 e. The van der Waals surface area contributed by atoms with Crippen molar-refractivity contribution in [2.75, 3.05) is 0 Å². The summed E-state index contributed by atoms with van der Waals surface area (Å²) in [5.74, 6) is 2.04. The number of halogens is 2. The molecule has 2 aromatic heterocycles. The SMILES string of the molecule is Cc1nccn1-c1cc(CCl)c(Cl)cn1. The number of aromatic nitrogens is 3. The zero-order valence-corrected chi connectivity index (χ0v) is 9.63. The van der Waals surface area contributed by atoms with Crippen LogP contribution in [0.15, 0.2) is 24.7 Å². The third kappa shape index (κ3) is 1.98. The van der Waals surface area contributed by atoms with E-state index in [1.807, 2.05) is 23.8 Å². The van der Waals surface area contributed by atoms with Gasteiger partial charge in [0.25, 0.3) is 0 Å². The van der Waals surface area contributed by atoms with Crippen molar-refractivity contribution in [1.82, 2.24) is 14.5 Å². The van der Waals surface area contributed by atoms with Crippen LogP contribution in [0.4, 0.5) is 0 Å². The van der Waals surface area contributed by atoms with Crippen molar-refractivity contribution in [1.29, 1.82) is 0 Å². The van der Waals surface area contributed by atoms with Crippen LogP contribution >= 0.6 is 23.2 Å². The minimum Gasteiger partial charge on any atom is -0.288 e. The van der Waals surface area contributed by atoms with E-state index < -0.39 is 0 Å². The van der Waals surface area contributed by atoms with Crippen molar-refractivity contribution in [2.24, 2.45) is 0 Å². The van der Waals surface area contributed by atoms with E-state index in [1.54, 1.807) is 12.4 Å². The summed E-state index contributed by atoms with van der Waals surface area (Å²) in [6, 6.07) is 1.87. The van der Waals surface area contributed by atoms with Gasteiger partial charge in [-0.3, -0.25) is 4.57 Å². The summed E-state index contributed by atoms with van der Waals surface area (Å²) in [6.07, 6.45) is 5.18. The molecule has 0 saturated carbocycles. The average Bonchev–Trinajstić information content (AvgIpc) is 2.65. The second-order valence-electron chi connectivity index (χ2n) is 3.11. The summed E-state index contributed by atoms with van der Waals surface area (Å²) >= 11 is 11.7. The third-order valence-electron chi connectivity index (χ3n) is 2.14. The Morgan fingerprint density at radius 2 is 2.20 bits per heavy atom. The smallest absolute Gasteiger partial charge is 0.138 e. The third-order valence-corrected chi connectivity index (χ3v) is 2.77. The summed E-state index contributed by atoms with van der Waals surface area (Å²) in [6.45, 7) is 1.91. The van der Waals surface area contributed by atoms with Gasteiger partial charge in [-0.1, -0.05) is 11.6 Å². The molecule has 0 spiro atoms. The Balaban J connectivity index is 2.51. The van der Waals surface area contributed by atoms with Crippen LogP contribution in [0.1, 0.15) is 11.4 Å². The summed E-state index contributed by atoms with van der Waals surface area (Å²) < 4.78 is 1.88. The first-order valence-electron chi connectivity index (χ1n) is 4.43. The fourth-order valence-corrected chi connectivity index (χ4v) is 1.78. The highest BCUT2D eigenvalue weighted by atomic mass is 35.5. The Morgan fingerprint density at radius 1 is 1.40 bits per heavy atom. The van der Waals surface area contributed by atoms with E-state index in [9.17, 15) is 0 Å². The highest BCUT2D eigenvalue weighted by molar-refractivity contribution is 6.32. The summed E-state index contributed by atoms with van der Waals surface area (Å²) in [4.78, 5) is 8.35. The van der Waals surface area contributed by atoms with Crippen LogP contribution in [0.25, 0.3) is 5.82 Å². The van der Waals surface area contributed by atoms with Crippen molar-refractivity contribution < 1.29 is 0 Å². The molecule has 0 radical (unpaired) electrons. The number of aryl methyl sites for hydroxylation is 1. The number of imidazole rings is 1. The molecule has 0 amide bonds. The Labute approximate surface area is 97.7 Å². The Bertz CT molecular complexity index is 479. The number of hydrogen-bond donors (Lipinski definition) is 0. The van der Waals surface area contributed by atoms with Gasteiger partial charge in [-0.25, -0.2) is 9.97 Å². The summed E-state index contributed by atoms with van der Waals surface area (Å²) in [5.41, 5.74) is 0.872. The molecule has 2 rings (SSSR count). The Morgan fingerprint density at radius 3 is 2.80 bits per heavy atom. The van der Waals surface area contributed by atoms with Gasteiger partial charge in [0.05, 0.1) is 5.02 Å². The predicted molar refractivity (Wildman–Crippen MR) is 60.7 cm³/mol. The van der Waals surface area contributed by atoms with Crippen LogP contribution < -0.4 is 0 Å². The average molecular weight is 242 g/mol. The van der Waals surface area contributed by atoms with Crippen molar-refractivity contribution in [2.45, 2.75) is 12.8 Å². The number of hydrogen-bond acceptors (Lipinski definition) is 2. The molecule has 2 heterocycles. The zero-order valence-electron chi connectivity index (χ0n) is 8.11. The molecule has 0 aliphatic rings. The number of nitrogens with zero attached hydrogens (tertiary/aromatic N) is 3. The lowest BCUT2D eigenvalue weighted by Crippen LogP contribution is -1.99. The van der Waals surface area contributed by atoms with E-state index >= 15 is 0 Å². The van der Waals surface area contributed by atoms with Crippen LogP contribution in [0.3, 0.4) is 0 Å². The van der Waals surface area contributed by atoms with Gasteiger partial charge in [0.1, 0.15) is 11.6 Å². The fraction of sp³-hybridized carbons (Fsp3) is 0.200. The first kappa shape index (κ1) is 10.5. The molecule has 0 saturated heterocycles. The van der Waals surface area contributed by atoms with E-state index in [1.165, 1.54) is 0 Å². The molecule has 0 atom stereocenters. The standard InChI is InChI=1S/C10H9Cl2N3/c1-7-13-2-3-15(7)10-4-8(5-11)9(12)6-14-10/h2-4,6H,5H2,1H3. The van der Waals surface area contributed by atoms with Gasteiger partial charge in [0, 0.05) is 24.5 Å².